The monoisotopic (exact) mass is 329 g/mol. The minimum Gasteiger partial charge on any atom is -0.379 e. The number of H-pyrrole nitrogens is 1. The molecule has 2 aliphatic heterocycles. The summed E-state index contributed by atoms with van der Waals surface area (Å²) in [5.41, 5.74) is 1.21. The van der Waals surface area contributed by atoms with Gasteiger partial charge in [-0.25, -0.2) is 9.97 Å². The number of aromatic nitrogens is 3. The fraction of sp³-hybridized carbons (Fsp3) is 0.588. The highest BCUT2D eigenvalue weighted by Crippen LogP contribution is 2.27. The summed E-state index contributed by atoms with van der Waals surface area (Å²) in [5, 5.41) is 0.797. The van der Waals surface area contributed by atoms with Crippen LogP contribution in [-0.2, 0) is 4.74 Å². The van der Waals surface area contributed by atoms with Gasteiger partial charge in [-0.2, -0.15) is 0 Å². The van der Waals surface area contributed by atoms with Gasteiger partial charge in [0.15, 0.2) is 0 Å². The van der Waals surface area contributed by atoms with Crippen molar-refractivity contribution in [2.24, 2.45) is 5.92 Å². The quantitative estimate of drug-likeness (QED) is 0.914. The lowest BCUT2D eigenvalue weighted by Gasteiger charge is -2.34. The van der Waals surface area contributed by atoms with Gasteiger partial charge < -0.3 is 14.6 Å². The van der Waals surface area contributed by atoms with Crippen LogP contribution in [0.2, 0.25) is 0 Å². The highest BCUT2D eigenvalue weighted by molar-refractivity contribution is 6.03. The Hall–Kier alpha value is -1.99. The summed E-state index contributed by atoms with van der Waals surface area (Å²) >= 11 is 0. The van der Waals surface area contributed by atoms with E-state index in [2.05, 4.69) is 26.8 Å². The molecular weight excluding hydrogens is 306 g/mol. The van der Waals surface area contributed by atoms with Crippen LogP contribution in [0.15, 0.2) is 18.6 Å². The summed E-state index contributed by atoms with van der Waals surface area (Å²) in [6.45, 7) is 7.27. The van der Waals surface area contributed by atoms with Gasteiger partial charge in [-0.05, 0) is 12.0 Å². The molecule has 128 valence electrons. The average Bonchev–Trinajstić information content (AvgIpc) is 3.28. The lowest BCUT2D eigenvalue weighted by Crippen LogP contribution is -2.47. The number of likely N-dealkylation sites (tertiary alicyclic amines) is 1. The van der Waals surface area contributed by atoms with Crippen molar-refractivity contribution in [3.8, 4) is 0 Å². The molecular formula is C17H23N5O2. The highest BCUT2D eigenvalue weighted by atomic mass is 16.5. The number of fused-ring (bicyclic) bond motifs is 1. The summed E-state index contributed by atoms with van der Waals surface area (Å²) in [6.07, 6.45) is 4.33. The number of carbonyl (C=O) groups is 1. The number of aromatic amines is 1. The molecule has 4 heterocycles. The maximum atomic E-state index is 13.0. The molecule has 2 saturated heterocycles. The first-order chi connectivity index (χ1) is 11.8. The van der Waals surface area contributed by atoms with E-state index in [4.69, 9.17) is 4.74 Å². The number of nitrogens with zero attached hydrogens (tertiary/aromatic N) is 4. The average molecular weight is 329 g/mol. The molecule has 1 N–H and O–H groups in total. The molecule has 2 aliphatic rings. The molecule has 0 bridgehead atoms. The van der Waals surface area contributed by atoms with Gasteiger partial charge >= 0.3 is 0 Å². The highest BCUT2D eigenvalue weighted by Gasteiger charge is 2.38. The number of ether oxygens (including phenoxy) is 1. The van der Waals surface area contributed by atoms with Crippen molar-refractivity contribution in [3.63, 3.8) is 0 Å². The number of hydrogen-bond donors (Lipinski definition) is 1. The minimum absolute atomic E-state index is 0.0104. The van der Waals surface area contributed by atoms with E-state index in [1.54, 1.807) is 6.20 Å². The van der Waals surface area contributed by atoms with E-state index >= 15 is 0 Å². The van der Waals surface area contributed by atoms with Crippen LogP contribution in [-0.4, -0.2) is 76.1 Å². The van der Waals surface area contributed by atoms with E-state index in [0.717, 1.165) is 51.2 Å². The zero-order chi connectivity index (χ0) is 16.5. The predicted octanol–water partition coefficient (Wildman–Crippen LogP) is 1.14. The normalized spacial score (nSPS) is 25.5. The molecule has 1 amide bonds. The van der Waals surface area contributed by atoms with Crippen molar-refractivity contribution < 1.29 is 9.53 Å². The van der Waals surface area contributed by atoms with Gasteiger partial charge in [0.1, 0.15) is 17.7 Å². The summed E-state index contributed by atoms with van der Waals surface area (Å²) in [5.74, 6) is 0.520. The zero-order valence-electron chi connectivity index (χ0n) is 13.9. The summed E-state index contributed by atoms with van der Waals surface area (Å²) in [4.78, 5) is 28.9. The van der Waals surface area contributed by atoms with Crippen molar-refractivity contribution in [2.45, 2.75) is 19.4 Å². The third kappa shape index (κ3) is 2.67. The molecule has 2 fully saturated rings. The molecule has 7 heteroatoms. The minimum atomic E-state index is 0.0104. The lowest BCUT2D eigenvalue weighted by molar-refractivity contribution is 0.0102. The summed E-state index contributed by atoms with van der Waals surface area (Å²) in [7, 11) is 0. The second-order valence-corrected chi connectivity index (χ2v) is 6.56. The molecule has 0 saturated carbocycles. The van der Waals surface area contributed by atoms with Crippen LogP contribution in [0.3, 0.4) is 0 Å². The number of morpholine rings is 1. The maximum Gasteiger partial charge on any atom is 0.273 e. The van der Waals surface area contributed by atoms with E-state index < -0.39 is 0 Å². The van der Waals surface area contributed by atoms with Crippen LogP contribution in [0.5, 0.6) is 0 Å². The van der Waals surface area contributed by atoms with Gasteiger partial charge in [-0.1, -0.05) is 13.3 Å². The second kappa shape index (κ2) is 6.49. The maximum absolute atomic E-state index is 13.0. The van der Waals surface area contributed by atoms with E-state index in [9.17, 15) is 4.79 Å². The lowest BCUT2D eigenvalue weighted by atomic mass is 9.99. The van der Waals surface area contributed by atoms with Crippen LogP contribution >= 0.6 is 0 Å². The Morgan fingerprint density at radius 1 is 1.33 bits per heavy atom. The molecule has 2 aromatic heterocycles. The first-order valence-electron chi connectivity index (χ1n) is 8.67. The second-order valence-electron chi connectivity index (χ2n) is 6.56. The van der Waals surface area contributed by atoms with Gasteiger partial charge in [0.25, 0.3) is 5.91 Å². The smallest absolute Gasteiger partial charge is 0.273 e. The van der Waals surface area contributed by atoms with Crippen LogP contribution in [0.25, 0.3) is 11.0 Å². The Kier molecular flexibility index (Phi) is 4.20. The molecule has 0 spiro atoms. The Labute approximate surface area is 141 Å². The fourth-order valence-electron chi connectivity index (χ4n) is 3.94. The Balaban J connectivity index is 1.56. The summed E-state index contributed by atoms with van der Waals surface area (Å²) < 4.78 is 5.47. The standard InChI is InChI=1S/C17H23N5O2/c1-2-12-9-22(10-14(12)21-5-7-24-8-6-21)17(23)15-13-3-4-18-16(13)20-11-19-15/h3-4,11-12,14H,2,5-10H2,1H3,(H,18,19,20). The van der Waals surface area contributed by atoms with Crippen LogP contribution in [0.4, 0.5) is 0 Å². The van der Waals surface area contributed by atoms with Crippen LogP contribution < -0.4 is 0 Å². The summed E-state index contributed by atoms with van der Waals surface area (Å²) in [6, 6.07) is 2.29. The van der Waals surface area contributed by atoms with Crippen molar-refractivity contribution in [1.29, 1.82) is 0 Å². The molecule has 4 rings (SSSR count). The molecule has 24 heavy (non-hydrogen) atoms. The zero-order valence-corrected chi connectivity index (χ0v) is 13.9. The van der Waals surface area contributed by atoms with Gasteiger partial charge in [0.05, 0.1) is 18.6 Å². The van der Waals surface area contributed by atoms with Crippen molar-refractivity contribution in [2.75, 3.05) is 39.4 Å². The van der Waals surface area contributed by atoms with Crippen LogP contribution in [0.1, 0.15) is 23.8 Å². The molecule has 0 aliphatic carbocycles. The van der Waals surface area contributed by atoms with Gasteiger partial charge in [-0.15, -0.1) is 0 Å². The predicted molar refractivity (Wildman–Crippen MR) is 89.8 cm³/mol. The van der Waals surface area contributed by atoms with E-state index in [-0.39, 0.29) is 5.91 Å². The molecule has 0 aromatic carbocycles. The topological polar surface area (TPSA) is 74.4 Å². The van der Waals surface area contributed by atoms with E-state index in [1.165, 1.54) is 6.33 Å². The van der Waals surface area contributed by atoms with Gasteiger partial charge in [0, 0.05) is 38.4 Å². The third-order valence-corrected chi connectivity index (χ3v) is 5.29. The van der Waals surface area contributed by atoms with Gasteiger partial charge in [0.2, 0.25) is 0 Å². The Bertz CT molecular complexity index is 725. The Morgan fingerprint density at radius 3 is 2.96 bits per heavy atom. The van der Waals surface area contributed by atoms with E-state index in [1.807, 2.05) is 11.0 Å². The largest absolute Gasteiger partial charge is 0.379 e. The first kappa shape index (κ1) is 15.5. The van der Waals surface area contributed by atoms with Crippen molar-refractivity contribution in [3.05, 3.63) is 24.3 Å². The number of hydrogen-bond acceptors (Lipinski definition) is 5. The number of carbonyl (C=O) groups excluding carboxylic acids is 1. The molecule has 2 aromatic rings. The molecule has 7 nitrogen and oxygen atoms in total. The van der Waals surface area contributed by atoms with Crippen molar-refractivity contribution >= 4 is 16.9 Å². The molecule has 0 radical (unpaired) electrons. The van der Waals surface area contributed by atoms with E-state index in [0.29, 0.717) is 23.3 Å². The first-order valence-corrected chi connectivity index (χ1v) is 8.67. The SMILES string of the molecule is CCC1CN(C(=O)c2ncnc3[nH]ccc23)CC1N1CCOCC1. The fourth-order valence-corrected chi connectivity index (χ4v) is 3.94. The Morgan fingerprint density at radius 2 is 2.17 bits per heavy atom. The number of rotatable bonds is 3. The number of amides is 1. The van der Waals surface area contributed by atoms with Crippen LogP contribution in [0, 0.1) is 5.92 Å². The number of nitrogens with one attached hydrogen (secondary N) is 1. The third-order valence-electron chi connectivity index (χ3n) is 5.29. The molecule has 2 atom stereocenters. The van der Waals surface area contributed by atoms with Crippen molar-refractivity contribution in [1.82, 2.24) is 24.8 Å². The molecule has 2 unspecified atom stereocenters. The van der Waals surface area contributed by atoms with Gasteiger partial charge in [-0.3, -0.25) is 9.69 Å².